The van der Waals surface area contributed by atoms with Crippen LogP contribution in [-0.2, 0) is 28.6 Å². The summed E-state index contributed by atoms with van der Waals surface area (Å²) in [5, 5.41) is 0. The summed E-state index contributed by atoms with van der Waals surface area (Å²) in [6, 6.07) is 0. The maximum Gasteiger partial charge on any atom is 0.306 e. The van der Waals surface area contributed by atoms with Gasteiger partial charge in [-0.3, -0.25) is 14.4 Å². The molecule has 448 valence electrons. The van der Waals surface area contributed by atoms with Gasteiger partial charge in [-0.15, -0.1) is 0 Å². The zero-order valence-corrected chi connectivity index (χ0v) is 51.4. The van der Waals surface area contributed by atoms with Crippen LogP contribution >= 0.6 is 0 Å². The van der Waals surface area contributed by atoms with E-state index >= 15 is 0 Å². The Kier molecular flexibility index (Phi) is 62.7. The predicted octanol–water partition coefficient (Wildman–Crippen LogP) is 22.8. The molecule has 0 fully saturated rings. The highest BCUT2D eigenvalue weighted by Gasteiger charge is 2.19. The first-order chi connectivity index (χ1) is 38.5. The molecule has 0 aromatic rings. The minimum absolute atomic E-state index is 0.0801. The lowest BCUT2D eigenvalue weighted by Gasteiger charge is -2.18. The summed E-state index contributed by atoms with van der Waals surface area (Å²) in [5.74, 6) is -0.889. The van der Waals surface area contributed by atoms with Crippen LogP contribution < -0.4 is 0 Å². The average Bonchev–Trinajstić information content (AvgIpc) is 3.44. The smallest absolute Gasteiger partial charge is 0.306 e. The molecule has 0 aliphatic rings. The van der Waals surface area contributed by atoms with Crippen LogP contribution in [0.25, 0.3) is 0 Å². The normalized spacial score (nSPS) is 12.7. The van der Waals surface area contributed by atoms with E-state index in [1.807, 2.05) is 0 Å². The Morgan fingerprint density at radius 2 is 0.526 bits per heavy atom. The molecule has 0 radical (unpaired) electrons. The van der Waals surface area contributed by atoms with E-state index in [0.29, 0.717) is 19.3 Å². The van der Waals surface area contributed by atoms with E-state index in [1.165, 1.54) is 161 Å². The molecule has 6 nitrogen and oxygen atoms in total. The van der Waals surface area contributed by atoms with Crippen LogP contribution in [0.1, 0.15) is 323 Å². The maximum atomic E-state index is 12.9. The maximum absolute atomic E-state index is 12.9. The summed E-state index contributed by atoms with van der Waals surface area (Å²) < 4.78 is 16.9. The largest absolute Gasteiger partial charge is 0.462 e. The van der Waals surface area contributed by atoms with E-state index in [0.717, 1.165) is 122 Å². The molecular formula is C72H124O6. The van der Waals surface area contributed by atoms with Crippen molar-refractivity contribution in [1.82, 2.24) is 0 Å². The van der Waals surface area contributed by atoms with E-state index in [2.05, 4.69) is 118 Å². The number of esters is 3. The first-order valence-electron chi connectivity index (χ1n) is 33.2. The van der Waals surface area contributed by atoms with Gasteiger partial charge in [-0.1, -0.05) is 285 Å². The molecule has 0 spiro atoms. The topological polar surface area (TPSA) is 78.9 Å². The lowest BCUT2D eigenvalue weighted by molar-refractivity contribution is -0.167. The van der Waals surface area contributed by atoms with Crippen molar-refractivity contribution in [3.8, 4) is 0 Å². The second-order valence-corrected chi connectivity index (χ2v) is 22.0. The molecule has 0 amide bonds. The molecule has 0 aliphatic heterocycles. The van der Waals surface area contributed by atoms with Crippen molar-refractivity contribution >= 4 is 17.9 Å². The third kappa shape index (κ3) is 63.2. The average molecular weight is 1090 g/mol. The van der Waals surface area contributed by atoms with Crippen LogP contribution in [0.5, 0.6) is 0 Å². The second-order valence-electron chi connectivity index (χ2n) is 22.0. The van der Waals surface area contributed by atoms with Crippen molar-refractivity contribution in [3.63, 3.8) is 0 Å². The Morgan fingerprint density at radius 3 is 0.846 bits per heavy atom. The highest BCUT2D eigenvalue weighted by molar-refractivity contribution is 5.71. The lowest BCUT2D eigenvalue weighted by atomic mass is 10.0. The van der Waals surface area contributed by atoms with Crippen molar-refractivity contribution in [2.24, 2.45) is 0 Å². The summed E-state index contributed by atoms with van der Waals surface area (Å²) in [6.45, 7) is 6.47. The fourth-order valence-corrected chi connectivity index (χ4v) is 9.33. The summed E-state index contributed by atoms with van der Waals surface area (Å²) in [5.41, 5.74) is 0. The standard InChI is InChI=1S/C72H124O6/c1-4-7-10-13-16-19-22-24-26-27-28-29-30-31-32-33-34-35-36-37-38-39-40-41-42-43-44-45-47-48-50-53-56-59-62-65-71(74)77-68-69(67-76-70(73)64-61-58-55-52-21-18-15-12-9-6-3)78-72(75)66-63-60-57-54-51-49-46-25-23-20-17-14-11-8-5-2/h7,10,12,15-16,19,24-26,28-29,31-32,34-35,46,69H,4-6,8-9,11,13-14,17-18,20-23,27,30,33,36-45,47-68H2,1-3H3/b10-7-,15-12-,19-16-,26-24-,29-28-,32-31-,35-34-,46-25-. The molecule has 78 heavy (non-hydrogen) atoms. The minimum atomic E-state index is -0.783. The number of carbonyl (C=O) groups is 3. The molecule has 0 N–H and O–H groups in total. The highest BCUT2D eigenvalue weighted by atomic mass is 16.6. The van der Waals surface area contributed by atoms with Crippen molar-refractivity contribution in [1.29, 1.82) is 0 Å². The molecule has 0 saturated carbocycles. The van der Waals surface area contributed by atoms with E-state index < -0.39 is 6.10 Å². The second kappa shape index (κ2) is 65.8. The van der Waals surface area contributed by atoms with Crippen LogP contribution in [0.3, 0.4) is 0 Å². The van der Waals surface area contributed by atoms with Crippen molar-refractivity contribution < 1.29 is 28.6 Å². The van der Waals surface area contributed by atoms with Gasteiger partial charge >= 0.3 is 17.9 Å². The van der Waals surface area contributed by atoms with Gasteiger partial charge in [0.1, 0.15) is 13.2 Å². The number of rotatable bonds is 60. The fourth-order valence-electron chi connectivity index (χ4n) is 9.33. The number of carbonyl (C=O) groups excluding carboxylic acids is 3. The molecular weight excluding hydrogens is 961 g/mol. The monoisotopic (exact) mass is 1080 g/mol. The fraction of sp³-hybridized carbons (Fsp3) is 0.736. The highest BCUT2D eigenvalue weighted by Crippen LogP contribution is 2.17. The van der Waals surface area contributed by atoms with E-state index in [4.69, 9.17) is 14.2 Å². The van der Waals surface area contributed by atoms with Crippen molar-refractivity contribution in [2.45, 2.75) is 329 Å². The molecule has 0 aliphatic carbocycles. The quantitative estimate of drug-likeness (QED) is 0.0261. The van der Waals surface area contributed by atoms with Crippen molar-refractivity contribution in [3.05, 3.63) is 97.2 Å². The summed E-state index contributed by atoms with van der Waals surface area (Å²) >= 11 is 0. The van der Waals surface area contributed by atoms with Gasteiger partial charge in [0.05, 0.1) is 0 Å². The third-order valence-electron chi connectivity index (χ3n) is 14.3. The number of allylic oxidation sites excluding steroid dienone is 16. The summed E-state index contributed by atoms with van der Waals surface area (Å²) in [4.78, 5) is 38.2. The molecule has 0 aromatic heterocycles. The Morgan fingerprint density at radius 1 is 0.269 bits per heavy atom. The molecule has 0 bridgehead atoms. The first kappa shape index (κ1) is 74.3. The zero-order chi connectivity index (χ0) is 56.4. The number of unbranched alkanes of at least 4 members (excludes halogenated alkanes) is 33. The molecule has 0 aromatic carbocycles. The SMILES string of the molecule is CC/C=C\C/C=C\C/C=C\C/C=C\C/C=C\C/C=C\CCCCCCCCCCCCCCCCCCC(=O)OCC(COC(=O)CCCCCCC/C=C\CCC)OC(=O)CCCCCCC/C=C\CCCCCCCC. The molecule has 1 unspecified atom stereocenters. The van der Waals surface area contributed by atoms with E-state index in [-0.39, 0.29) is 31.1 Å². The van der Waals surface area contributed by atoms with E-state index in [1.54, 1.807) is 0 Å². The van der Waals surface area contributed by atoms with Crippen LogP contribution in [-0.4, -0.2) is 37.2 Å². The van der Waals surface area contributed by atoms with Crippen molar-refractivity contribution in [2.75, 3.05) is 13.2 Å². The summed E-state index contributed by atoms with van der Waals surface area (Å²) in [7, 11) is 0. The molecule has 0 saturated heterocycles. The van der Waals surface area contributed by atoms with Gasteiger partial charge in [-0.2, -0.15) is 0 Å². The molecule has 1 atom stereocenters. The number of hydrogen-bond acceptors (Lipinski definition) is 6. The van der Waals surface area contributed by atoms with Gasteiger partial charge in [-0.05, 0) is 116 Å². The van der Waals surface area contributed by atoms with Gasteiger partial charge in [0, 0.05) is 19.3 Å². The first-order valence-corrected chi connectivity index (χ1v) is 33.2. The predicted molar refractivity (Wildman–Crippen MR) is 339 cm³/mol. The Balaban J connectivity index is 4.08. The minimum Gasteiger partial charge on any atom is -0.462 e. The van der Waals surface area contributed by atoms with Gasteiger partial charge in [-0.25, -0.2) is 0 Å². The lowest BCUT2D eigenvalue weighted by Crippen LogP contribution is -2.30. The van der Waals surface area contributed by atoms with Crippen LogP contribution in [0.2, 0.25) is 0 Å². The van der Waals surface area contributed by atoms with Crippen LogP contribution in [0, 0.1) is 0 Å². The Hall–Kier alpha value is -3.67. The number of hydrogen-bond donors (Lipinski definition) is 0. The van der Waals surface area contributed by atoms with Gasteiger partial charge in [0.15, 0.2) is 6.10 Å². The molecule has 0 rings (SSSR count). The molecule has 6 heteroatoms. The zero-order valence-electron chi connectivity index (χ0n) is 51.4. The van der Waals surface area contributed by atoms with Gasteiger partial charge in [0.25, 0.3) is 0 Å². The summed E-state index contributed by atoms with van der Waals surface area (Å²) in [6.07, 6.45) is 88.7. The van der Waals surface area contributed by atoms with Crippen LogP contribution in [0.4, 0.5) is 0 Å². The van der Waals surface area contributed by atoms with E-state index in [9.17, 15) is 14.4 Å². The molecule has 0 heterocycles. The van der Waals surface area contributed by atoms with Gasteiger partial charge < -0.3 is 14.2 Å². The van der Waals surface area contributed by atoms with Crippen LogP contribution in [0.15, 0.2) is 97.2 Å². The van der Waals surface area contributed by atoms with Gasteiger partial charge in [0.2, 0.25) is 0 Å². The Labute approximate surface area is 483 Å². The number of ether oxygens (including phenoxy) is 3. The third-order valence-corrected chi connectivity index (χ3v) is 14.3. The Bertz CT molecular complexity index is 1530.